The van der Waals surface area contributed by atoms with Crippen molar-refractivity contribution in [2.45, 2.75) is 6.92 Å². The third-order valence-corrected chi connectivity index (χ3v) is 1.71. The van der Waals surface area contributed by atoms with E-state index in [2.05, 4.69) is 5.32 Å². The molecule has 0 aromatic heterocycles. The molecule has 0 fully saturated rings. The van der Waals surface area contributed by atoms with Gasteiger partial charge in [0.05, 0.1) is 11.4 Å². The Bertz CT molecular complexity index is 367. The highest BCUT2D eigenvalue weighted by molar-refractivity contribution is 5.81. The third kappa shape index (κ3) is 2.32. The number of hydrogen-bond acceptors (Lipinski definition) is 3. The molecule has 1 aromatic rings. The molecule has 0 unspecified atom stereocenters. The second-order valence-electron chi connectivity index (χ2n) is 2.85. The van der Waals surface area contributed by atoms with Gasteiger partial charge >= 0.3 is 0 Å². The van der Waals surface area contributed by atoms with Crippen LogP contribution in [0.2, 0.25) is 0 Å². The summed E-state index contributed by atoms with van der Waals surface area (Å²) in [6.45, 7) is 1.65. The zero-order chi connectivity index (χ0) is 10.6. The molecule has 3 nitrogen and oxygen atoms in total. The van der Waals surface area contributed by atoms with Gasteiger partial charge in [0.15, 0.2) is 0 Å². The van der Waals surface area contributed by atoms with Crippen molar-refractivity contribution in [2.24, 2.45) is 5.73 Å². The molecule has 0 atom stereocenters. The summed E-state index contributed by atoms with van der Waals surface area (Å²) >= 11 is 0. The van der Waals surface area contributed by atoms with Crippen molar-refractivity contribution in [2.75, 3.05) is 5.32 Å². The van der Waals surface area contributed by atoms with Crippen molar-refractivity contribution in [3.05, 3.63) is 41.5 Å². The standard InChI is InChI=1S/C10H12FN3/c1-7(13)10(6-12)14-9-5-3-2-4-8(9)11/h2-6,12,14H,13H2,1H3/b10-7+,12-6?. The smallest absolute Gasteiger partial charge is 0.146 e. The number of nitrogens with one attached hydrogen (secondary N) is 2. The van der Waals surface area contributed by atoms with Gasteiger partial charge in [-0.25, -0.2) is 4.39 Å². The Morgan fingerprint density at radius 1 is 1.50 bits per heavy atom. The van der Waals surface area contributed by atoms with Crippen LogP contribution >= 0.6 is 0 Å². The fraction of sp³-hybridized carbons (Fsp3) is 0.100. The zero-order valence-corrected chi connectivity index (χ0v) is 7.84. The number of anilines is 1. The number of nitrogens with two attached hydrogens (primary N) is 1. The Morgan fingerprint density at radius 3 is 2.64 bits per heavy atom. The minimum Gasteiger partial charge on any atom is -0.401 e. The molecule has 0 saturated heterocycles. The molecule has 1 rings (SSSR count). The minimum absolute atomic E-state index is 0.316. The summed E-state index contributed by atoms with van der Waals surface area (Å²) in [5.41, 5.74) is 6.65. The maximum Gasteiger partial charge on any atom is 0.146 e. The van der Waals surface area contributed by atoms with E-state index < -0.39 is 0 Å². The van der Waals surface area contributed by atoms with E-state index in [9.17, 15) is 4.39 Å². The second kappa shape index (κ2) is 4.41. The maximum atomic E-state index is 13.1. The fourth-order valence-electron chi connectivity index (χ4n) is 0.956. The largest absolute Gasteiger partial charge is 0.401 e. The molecule has 14 heavy (non-hydrogen) atoms. The molecule has 0 radical (unpaired) electrons. The Morgan fingerprint density at radius 2 is 2.14 bits per heavy atom. The van der Waals surface area contributed by atoms with E-state index in [1.165, 1.54) is 6.07 Å². The van der Waals surface area contributed by atoms with Gasteiger partial charge in [-0.1, -0.05) is 12.1 Å². The van der Waals surface area contributed by atoms with Crippen LogP contribution in [0.25, 0.3) is 0 Å². The molecule has 0 aliphatic carbocycles. The summed E-state index contributed by atoms with van der Waals surface area (Å²) in [4.78, 5) is 0. The van der Waals surface area contributed by atoms with Crippen molar-refractivity contribution in [1.29, 1.82) is 5.41 Å². The summed E-state index contributed by atoms with van der Waals surface area (Å²) < 4.78 is 13.1. The van der Waals surface area contributed by atoms with Gasteiger partial charge in [0.25, 0.3) is 0 Å². The first-order valence-corrected chi connectivity index (χ1v) is 4.13. The van der Waals surface area contributed by atoms with Crippen molar-refractivity contribution in [3.8, 4) is 0 Å². The third-order valence-electron chi connectivity index (χ3n) is 1.71. The molecule has 0 saturated carbocycles. The van der Waals surface area contributed by atoms with Gasteiger partial charge in [0.1, 0.15) is 5.82 Å². The molecule has 0 bridgehead atoms. The number of benzene rings is 1. The van der Waals surface area contributed by atoms with Crippen LogP contribution < -0.4 is 11.1 Å². The van der Waals surface area contributed by atoms with Crippen LogP contribution in [0.5, 0.6) is 0 Å². The number of rotatable bonds is 3. The Balaban J connectivity index is 2.94. The highest BCUT2D eigenvalue weighted by Crippen LogP contribution is 2.14. The molecule has 0 amide bonds. The SMILES string of the molecule is C/C(N)=C(/C=N)Nc1ccccc1F. The van der Waals surface area contributed by atoms with E-state index in [0.29, 0.717) is 17.1 Å². The Hall–Kier alpha value is -1.84. The first-order chi connectivity index (χ1) is 6.65. The molecular weight excluding hydrogens is 181 g/mol. The first-order valence-electron chi connectivity index (χ1n) is 4.13. The van der Waals surface area contributed by atoms with Gasteiger partial charge in [-0.3, -0.25) is 0 Å². The molecule has 0 heterocycles. The van der Waals surface area contributed by atoms with E-state index >= 15 is 0 Å². The lowest BCUT2D eigenvalue weighted by Gasteiger charge is -2.08. The minimum atomic E-state index is -0.367. The quantitative estimate of drug-likeness (QED) is 0.643. The molecule has 0 aliphatic rings. The van der Waals surface area contributed by atoms with Gasteiger partial charge in [0.2, 0.25) is 0 Å². The van der Waals surface area contributed by atoms with Crippen molar-refractivity contribution in [1.82, 2.24) is 0 Å². The lowest BCUT2D eigenvalue weighted by Crippen LogP contribution is -2.09. The topological polar surface area (TPSA) is 61.9 Å². The van der Waals surface area contributed by atoms with Crippen LogP contribution in [-0.4, -0.2) is 6.21 Å². The monoisotopic (exact) mass is 193 g/mol. The summed E-state index contributed by atoms with van der Waals surface area (Å²) in [5.74, 6) is -0.367. The number of para-hydroxylation sites is 1. The van der Waals surface area contributed by atoms with Crippen LogP contribution in [0.3, 0.4) is 0 Å². The highest BCUT2D eigenvalue weighted by atomic mass is 19.1. The summed E-state index contributed by atoms with van der Waals surface area (Å²) in [5, 5.41) is 9.80. The Labute approximate surface area is 81.9 Å². The van der Waals surface area contributed by atoms with Crippen LogP contribution in [0.4, 0.5) is 10.1 Å². The van der Waals surface area contributed by atoms with Crippen molar-refractivity contribution in [3.63, 3.8) is 0 Å². The summed E-state index contributed by atoms with van der Waals surface area (Å²) in [7, 11) is 0. The van der Waals surface area contributed by atoms with Crippen molar-refractivity contribution >= 4 is 11.9 Å². The van der Waals surface area contributed by atoms with Gasteiger partial charge in [0, 0.05) is 11.9 Å². The number of halogens is 1. The van der Waals surface area contributed by atoms with Gasteiger partial charge in [-0.05, 0) is 19.1 Å². The zero-order valence-electron chi connectivity index (χ0n) is 7.84. The van der Waals surface area contributed by atoms with Gasteiger partial charge in [-0.15, -0.1) is 0 Å². The summed E-state index contributed by atoms with van der Waals surface area (Å²) in [6, 6.07) is 6.24. The van der Waals surface area contributed by atoms with E-state index in [1.54, 1.807) is 25.1 Å². The van der Waals surface area contributed by atoms with Gasteiger partial charge < -0.3 is 16.5 Å². The number of hydrogen-bond donors (Lipinski definition) is 3. The predicted molar refractivity (Wildman–Crippen MR) is 55.7 cm³/mol. The molecule has 4 heteroatoms. The average Bonchev–Trinajstić information content (AvgIpc) is 2.16. The highest BCUT2D eigenvalue weighted by Gasteiger charge is 2.02. The second-order valence-corrected chi connectivity index (χ2v) is 2.85. The van der Waals surface area contributed by atoms with E-state index in [-0.39, 0.29) is 5.82 Å². The molecule has 1 aromatic carbocycles. The van der Waals surface area contributed by atoms with E-state index in [1.807, 2.05) is 0 Å². The molecular formula is C10H12FN3. The normalized spacial score (nSPS) is 11.9. The average molecular weight is 193 g/mol. The summed E-state index contributed by atoms with van der Waals surface area (Å²) in [6.07, 6.45) is 1.06. The lowest BCUT2D eigenvalue weighted by atomic mass is 10.3. The maximum absolute atomic E-state index is 13.1. The van der Waals surface area contributed by atoms with E-state index in [0.717, 1.165) is 6.21 Å². The lowest BCUT2D eigenvalue weighted by molar-refractivity contribution is 0.631. The fourth-order valence-corrected chi connectivity index (χ4v) is 0.956. The van der Waals surface area contributed by atoms with Crippen LogP contribution in [0, 0.1) is 11.2 Å². The van der Waals surface area contributed by atoms with Crippen molar-refractivity contribution < 1.29 is 4.39 Å². The van der Waals surface area contributed by atoms with E-state index in [4.69, 9.17) is 11.1 Å². The number of allylic oxidation sites excluding steroid dienone is 2. The first kappa shape index (κ1) is 10.2. The predicted octanol–water partition coefficient (Wildman–Crippen LogP) is 2.08. The van der Waals surface area contributed by atoms with Crippen LogP contribution in [0.1, 0.15) is 6.92 Å². The van der Waals surface area contributed by atoms with Gasteiger partial charge in [-0.2, -0.15) is 0 Å². The van der Waals surface area contributed by atoms with Crippen LogP contribution in [0.15, 0.2) is 35.7 Å². The molecule has 0 spiro atoms. The van der Waals surface area contributed by atoms with Crippen LogP contribution in [-0.2, 0) is 0 Å². The Kier molecular flexibility index (Phi) is 3.23. The molecule has 0 aliphatic heterocycles. The molecule has 74 valence electrons. The molecule has 4 N–H and O–H groups in total.